The first-order chi connectivity index (χ1) is 9.88. The molecule has 0 spiro atoms. The van der Waals surface area contributed by atoms with Gasteiger partial charge in [0.2, 0.25) is 0 Å². The van der Waals surface area contributed by atoms with Gasteiger partial charge in [-0.2, -0.15) is 5.10 Å². The number of halogens is 1. The summed E-state index contributed by atoms with van der Waals surface area (Å²) in [6.45, 7) is 6.40. The van der Waals surface area contributed by atoms with Crippen molar-refractivity contribution in [2.75, 3.05) is 0 Å². The molecule has 0 aliphatic carbocycles. The van der Waals surface area contributed by atoms with Crippen LogP contribution < -0.4 is 10.5 Å². The highest BCUT2D eigenvalue weighted by atomic mass is 35.5. The van der Waals surface area contributed by atoms with Crippen molar-refractivity contribution in [1.29, 1.82) is 0 Å². The number of hydrogen-bond donors (Lipinski definition) is 1. The highest BCUT2D eigenvalue weighted by Gasteiger charge is 2.13. The summed E-state index contributed by atoms with van der Waals surface area (Å²) in [4.78, 5) is 0. The maximum atomic E-state index is 6.23. The van der Waals surface area contributed by atoms with Crippen molar-refractivity contribution < 1.29 is 4.74 Å². The van der Waals surface area contributed by atoms with Crippen LogP contribution in [0.2, 0.25) is 5.15 Å². The molecule has 0 aliphatic rings. The average molecular weight is 308 g/mol. The topological polar surface area (TPSA) is 53.1 Å². The zero-order chi connectivity index (χ0) is 15.6. The van der Waals surface area contributed by atoms with Gasteiger partial charge in [0.15, 0.2) is 0 Å². The fourth-order valence-corrected chi connectivity index (χ4v) is 2.57. The van der Waals surface area contributed by atoms with Gasteiger partial charge in [0.25, 0.3) is 0 Å². The molecule has 1 aromatic heterocycles. The second kappa shape index (κ2) is 6.50. The SMILES string of the molecule is Cc1ccc(OCc2c(C)nn(C)c2Cl)c(CC(C)N)c1. The van der Waals surface area contributed by atoms with E-state index in [2.05, 4.69) is 18.1 Å². The molecule has 21 heavy (non-hydrogen) atoms. The molecule has 2 rings (SSSR count). The summed E-state index contributed by atoms with van der Waals surface area (Å²) in [6.07, 6.45) is 0.788. The summed E-state index contributed by atoms with van der Waals surface area (Å²) < 4.78 is 7.62. The number of aromatic nitrogens is 2. The highest BCUT2D eigenvalue weighted by Crippen LogP contribution is 2.25. The van der Waals surface area contributed by atoms with Crippen molar-refractivity contribution in [3.05, 3.63) is 45.7 Å². The zero-order valence-electron chi connectivity index (χ0n) is 13.0. The molecule has 0 aliphatic heterocycles. The number of nitrogens with two attached hydrogens (primary N) is 1. The quantitative estimate of drug-likeness (QED) is 0.923. The Bertz CT molecular complexity index is 635. The number of benzene rings is 1. The van der Waals surface area contributed by atoms with E-state index in [0.29, 0.717) is 11.8 Å². The number of rotatable bonds is 5. The zero-order valence-corrected chi connectivity index (χ0v) is 13.7. The number of aryl methyl sites for hydroxylation is 3. The molecule has 0 amide bonds. The van der Waals surface area contributed by atoms with Gasteiger partial charge in [0.05, 0.1) is 5.69 Å². The summed E-state index contributed by atoms with van der Waals surface area (Å²) in [5.41, 5.74) is 10.1. The Kier molecular flexibility index (Phi) is 4.91. The minimum atomic E-state index is 0.0952. The van der Waals surface area contributed by atoms with E-state index < -0.39 is 0 Å². The van der Waals surface area contributed by atoms with E-state index in [1.807, 2.05) is 33.0 Å². The fourth-order valence-electron chi connectivity index (χ4n) is 2.34. The van der Waals surface area contributed by atoms with E-state index in [4.69, 9.17) is 22.1 Å². The Hall–Kier alpha value is -1.52. The maximum absolute atomic E-state index is 6.23. The first kappa shape index (κ1) is 15.9. The highest BCUT2D eigenvalue weighted by molar-refractivity contribution is 6.30. The predicted molar refractivity (Wildman–Crippen MR) is 85.8 cm³/mol. The minimum absolute atomic E-state index is 0.0952. The monoisotopic (exact) mass is 307 g/mol. The Labute approximate surface area is 130 Å². The molecule has 5 heteroatoms. The summed E-state index contributed by atoms with van der Waals surface area (Å²) in [6, 6.07) is 6.25. The number of ether oxygens (including phenoxy) is 1. The lowest BCUT2D eigenvalue weighted by Gasteiger charge is -2.14. The van der Waals surface area contributed by atoms with Crippen molar-refractivity contribution in [3.8, 4) is 5.75 Å². The largest absolute Gasteiger partial charge is 0.488 e. The molecule has 1 aromatic carbocycles. The van der Waals surface area contributed by atoms with E-state index in [1.54, 1.807) is 4.68 Å². The van der Waals surface area contributed by atoms with Gasteiger partial charge in [0.1, 0.15) is 17.5 Å². The Morgan fingerprint density at radius 1 is 1.38 bits per heavy atom. The molecule has 4 nitrogen and oxygen atoms in total. The van der Waals surface area contributed by atoms with Gasteiger partial charge in [-0.3, -0.25) is 4.68 Å². The summed E-state index contributed by atoms with van der Waals surface area (Å²) in [5, 5.41) is 4.91. The molecule has 0 radical (unpaired) electrons. The third kappa shape index (κ3) is 3.77. The summed E-state index contributed by atoms with van der Waals surface area (Å²) >= 11 is 6.23. The van der Waals surface area contributed by atoms with Crippen LogP contribution in [0.3, 0.4) is 0 Å². The van der Waals surface area contributed by atoms with Crippen LogP contribution in [0.1, 0.15) is 29.3 Å². The van der Waals surface area contributed by atoms with E-state index in [-0.39, 0.29) is 6.04 Å². The van der Waals surface area contributed by atoms with Crippen LogP contribution in [0.4, 0.5) is 0 Å². The number of hydrogen-bond acceptors (Lipinski definition) is 3. The van der Waals surface area contributed by atoms with Crippen LogP contribution in [-0.2, 0) is 20.1 Å². The minimum Gasteiger partial charge on any atom is -0.488 e. The molecule has 114 valence electrons. The third-order valence-corrected chi connectivity index (χ3v) is 3.87. The molecule has 1 unspecified atom stereocenters. The Morgan fingerprint density at radius 2 is 2.10 bits per heavy atom. The normalized spacial score (nSPS) is 12.5. The van der Waals surface area contributed by atoms with Crippen LogP contribution in [0.15, 0.2) is 18.2 Å². The van der Waals surface area contributed by atoms with Gasteiger partial charge in [-0.1, -0.05) is 29.3 Å². The molecule has 2 aromatic rings. The molecular weight excluding hydrogens is 286 g/mol. The van der Waals surface area contributed by atoms with Gasteiger partial charge >= 0.3 is 0 Å². The van der Waals surface area contributed by atoms with Crippen LogP contribution in [0.25, 0.3) is 0 Å². The molecule has 0 bridgehead atoms. The van der Waals surface area contributed by atoms with Gasteiger partial charge in [-0.25, -0.2) is 0 Å². The first-order valence-corrected chi connectivity index (χ1v) is 7.42. The average Bonchev–Trinajstić information content (AvgIpc) is 2.62. The second-order valence-corrected chi connectivity index (χ2v) is 5.92. The van der Waals surface area contributed by atoms with E-state index in [0.717, 1.165) is 29.0 Å². The summed E-state index contributed by atoms with van der Waals surface area (Å²) in [7, 11) is 1.83. The van der Waals surface area contributed by atoms with Crippen molar-refractivity contribution in [2.45, 2.75) is 39.8 Å². The standard InChI is InChI=1S/C16H22ClN3O/c1-10-5-6-15(13(7-10)8-11(2)18)21-9-14-12(3)19-20(4)16(14)17/h5-7,11H,8-9,18H2,1-4H3. The smallest absolute Gasteiger partial charge is 0.133 e. The van der Waals surface area contributed by atoms with Crippen LogP contribution in [0.5, 0.6) is 5.75 Å². The van der Waals surface area contributed by atoms with Gasteiger partial charge in [-0.05, 0) is 38.8 Å². The molecule has 2 N–H and O–H groups in total. The van der Waals surface area contributed by atoms with Crippen LogP contribution in [-0.4, -0.2) is 15.8 Å². The molecular formula is C16H22ClN3O. The predicted octanol–water partition coefficient (Wildman–Crippen LogP) is 3.16. The van der Waals surface area contributed by atoms with Crippen molar-refractivity contribution in [2.24, 2.45) is 12.8 Å². The lowest BCUT2D eigenvalue weighted by molar-refractivity contribution is 0.301. The van der Waals surface area contributed by atoms with Crippen molar-refractivity contribution in [3.63, 3.8) is 0 Å². The lowest BCUT2D eigenvalue weighted by Crippen LogP contribution is -2.18. The van der Waals surface area contributed by atoms with E-state index >= 15 is 0 Å². The van der Waals surface area contributed by atoms with E-state index in [1.165, 1.54) is 5.56 Å². The van der Waals surface area contributed by atoms with Crippen molar-refractivity contribution in [1.82, 2.24) is 9.78 Å². The summed E-state index contributed by atoms with van der Waals surface area (Å²) in [5.74, 6) is 0.859. The Balaban J connectivity index is 2.19. The van der Waals surface area contributed by atoms with Gasteiger partial charge < -0.3 is 10.5 Å². The maximum Gasteiger partial charge on any atom is 0.133 e. The Morgan fingerprint density at radius 3 is 2.67 bits per heavy atom. The number of nitrogens with zero attached hydrogens (tertiary/aromatic N) is 2. The third-order valence-electron chi connectivity index (χ3n) is 3.40. The van der Waals surface area contributed by atoms with Gasteiger partial charge in [-0.15, -0.1) is 0 Å². The molecule has 0 fully saturated rings. The molecule has 1 heterocycles. The lowest BCUT2D eigenvalue weighted by atomic mass is 10.0. The van der Waals surface area contributed by atoms with Gasteiger partial charge in [0, 0.05) is 18.7 Å². The fraction of sp³-hybridized carbons (Fsp3) is 0.438. The van der Waals surface area contributed by atoms with Crippen LogP contribution >= 0.6 is 11.6 Å². The van der Waals surface area contributed by atoms with E-state index in [9.17, 15) is 0 Å². The first-order valence-electron chi connectivity index (χ1n) is 7.04. The van der Waals surface area contributed by atoms with Crippen LogP contribution in [0, 0.1) is 13.8 Å². The molecule has 0 saturated carbocycles. The second-order valence-electron chi connectivity index (χ2n) is 5.56. The molecule has 0 saturated heterocycles. The molecule has 1 atom stereocenters. The van der Waals surface area contributed by atoms with Crippen molar-refractivity contribution >= 4 is 11.6 Å².